The Labute approximate surface area is 180 Å². The molecule has 1 atom stereocenters. The van der Waals surface area contributed by atoms with Crippen LogP contribution in [0.15, 0.2) is 35.4 Å². The molecule has 1 aliphatic heterocycles. The van der Waals surface area contributed by atoms with Gasteiger partial charge in [0.1, 0.15) is 5.82 Å². The average Bonchev–Trinajstić information content (AvgIpc) is 2.64. The Balaban J connectivity index is 1.82. The molecule has 0 bridgehead atoms. The maximum absolute atomic E-state index is 14.7. The molecule has 2 aromatic rings. The molecular weight excluding hydrogens is 412 g/mol. The highest BCUT2D eigenvalue weighted by Gasteiger charge is 2.36. The number of benzene rings is 2. The summed E-state index contributed by atoms with van der Waals surface area (Å²) in [5.74, 6) is -0.536. The highest BCUT2D eigenvalue weighted by molar-refractivity contribution is 6.42. The predicted octanol–water partition coefficient (Wildman–Crippen LogP) is 6.01. The molecule has 154 valence electrons. The lowest BCUT2D eigenvalue weighted by Gasteiger charge is -2.47. The molecule has 0 spiro atoms. The van der Waals surface area contributed by atoms with Gasteiger partial charge in [0.2, 0.25) is 0 Å². The number of rotatable bonds is 4. The second kappa shape index (κ2) is 8.33. The number of carbonyl (C=O) groups is 1. The number of hydrogen-bond donors (Lipinski definition) is 1. The fraction of sp³-hybridized carbons (Fsp3) is 0.364. The van der Waals surface area contributed by atoms with E-state index >= 15 is 0 Å². The Hall–Kier alpha value is -2.11. The Bertz CT molecular complexity index is 975. The van der Waals surface area contributed by atoms with Gasteiger partial charge in [-0.05, 0) is 69.0 Å². The first-order valence-electron chi connectivity index (χ1n) is 9.53. The third-order valence-electron chi connectivity index (χ3n) is 5.37. The lowest BCUT2D eigenvalue weighted by Crippen LogP contribution is -2.48. The van der Waals surface area contributed by atoms with Gasteiger partial charge in [-0.15, -0.1) is 0 Å². The summed E-state index contributed by atoms with van der Waals surface area (Å²) in [5.41, 5.74) is 5.03. The van der Waals surface area contributed by atoms with Crippen LogP contribution in [-0.2, 0) is 0 Å². The van der Waals surface area contributed by atoms with Crippen LogP contribution < -0.4 is 10.3 Å². The molecule has 0 aliphatic carbocycles. The average molecular weight is 436 g/mol. The van der Waals surface area contributed by atoms with Crippen molar-refractivity contribution in [3.05, 3.63) is 62.9 Å². The van der Waals surface area contributed by atoms with Gasteiger partial charge >= 0.3 is 0 Å². The normalized spacial score (nSPS) is 18.0. The highest BCUT2D eigenvalue weighted by atomic mass is 35.5. The molecule has 4 nitrogen and oxygen atoms in total. The summed E-state index contributed by atoms with van der Waals surface area (Å²) in [4.78, 5) is 14.4. The largest absolute Gasteiger partial charge is 0.366 e. The van der Waals surface area contributed by atoms with Gasteiger partial charge in [0, 0.05) is 28.9 Å². The van der Waals surface area contributed by atoms with Gasteiger partial charge in [-0.25, -0.2) is 9.82 Å². The Morgan fingerprint density at radius 3 is 2.69 bits per heavy atom. The van der Waals surface area contributed by atoms with E-state index in [9.17, 15) is 9.18 Å². The van der Waals surface area contributed by atoms with Crippen LogP contribution in [0.25, 0.3) is 0 Å². The van der Waals surface area contributed by atoms with E-state index in [0.29, 0.717) is 22.1 Å². The monoisotopic (exact) mass is 435 g/mol. The number of anilines is 1. The van der Waals surface area contributed by atoms with E-state index in [4.69, 9.17) is 23.2 Å². The Morgan fingerprint density at radius 2 is 2.03 bits per heavy atom. The van der Waals surface area contributed by atoms with Gasteiger partial charge < -0.3 is 4.90 Å². The minimum atomic E-state index is -0.453. The predicted molar refractivity (Wildman–Crippen MR) is 118 cm³/mol. The van der Waals surface area contributed by atoms with Crippen molar-refractivity contribution in [2.75, 3.05) is 11.4 Å². The van der Waals surface area contributed by atoms with Gasteiger partial charge in [-0.3, -0.25) is 4.79 Å². The number of nitrogens with zero attached hydrogens (tertiary/aromatic N) is 2. The van der Waals surface area contributed by atoms with E-state index in [1.54, 1.807) is 12.1 Å². The van der Waals surface area contributed by atoms with Crippen LogP contribution in [0.1, 0.15) is 61.5 Å². The fourth-order valence-electron chi connectivity index (χ4n) is 4.08. The third kappa shape index (κ3) is 4.41. The molecule has 0 saturated carbocycles. The molecule has 1 amide bonds. The summed E-state index contributed by atoms with van der Waals surface area (Å²) in [7, 11) is 0. The van der Waals surface area contributed by atoms with E-state index in [1.165, 1.54) is 18.3 Å². The molecule has 1 N–H and O–H groups in total. The van der Waals surface area contributed by atoms with Crippen molar-refractivity contribution in [2.24, 2.45) is 5.10 Å². The topological polar surface area (TPSA) is 44.7 Å². The maximum atomic E-state index is 14.7. The summed E-state index contributed by atoms with van der Waals surface area (Å²) in [5, 5.41) is 4.56. The zero-order valence-electron chi connectivity index (χ0n) is 16.9. The van der Waals surface area contributed by atoms with Crippen molar-refractivity contribution in [1.29, 1.82) is 0 Å². The van der Waals surface area contributed by atoms with Crippen LogP contribution >= 0.6 is 23.2 Å². The van der Waals surface area contributed by atoms with Gasteiger partial charge in [-0.2, -0.15) is 5.10 Å². The van der Waals surface area contributed by atoms with Crippen molar-refractivity contribution in [2.45, 2.75) is 45.6 Å². The summed E-state index contributed by atoms with van der Waals surface area (Å²) in [6, 6.07) is 7.92. The number of carbonyl (C=O) groups excluding carboxylic acids is 1. The number of nitrogens with one attached hydrogen (secondary N) is 1. The number of hydrogen-bond acceptors (Lipinski definition) is 3. The molecule has 7 heteroatoms. The maximum Gasteiger partial charge on any atom is 0.271 e. The first-order chi connectivity index (χ1) is 13.6. The van der Waals surface area contributed by atoms with E-state index in [1.807, 2.05) is 6.07 Å². The van der Waals surface area contributed by atoms with Crippen LogP contribution in [0.3, 0.4) is 0 Å². The number of fused-ring (bicyclic) bond motifs is 1. The molecule has 1 unspecified atom stereocenters. The minimum Gasteiger partial charge on any atom is -0.366 e. The lowest BCUT2D eigenvalue weighted by atomic mass is 9.79. The fourth-order valence-corrected chi connectivity index (χ4v) is 4.38. The van der Waals surface area contributed by atoms with Gasteiger partial charge in [0.05, 0.1) is 16.3 Å². The summed E-state index contributed by atoms with van der Waals surface area (Å²) >= 11 is 11.8. The zero-order valence-corrected chi connectivity index (χ0v) is 18.4. The van der Waals surface area contributed by atoms with Crippen molar-refractivity contribution in [3.8, 4) is 0 Å². The van der Waals surface area contributed by atoms with Crippen LogP contribution in [0.4, 0.5) is 10.1 Å². The molecule has 29 heavy (non-hydrogen) atoms. The minimum absolute atomic E-state index is 0.0307. The second-order valence-electron chi connectivity index (χ2n) is 7.92. The molecule has 0 aromatic heterocycles. The second-order valence-corrected chi connectivity index (χ2v) is 8.74. The van der Waals surface area contributed by atoms with Gasteiger partial charge in [0.15, 0.2) is 0 Å². The SMILES string of the molecule is CCN1c2cc(F)c(/C=N\NC(=O)c3ccc(Cl)c(Cl)c3)cc2C(C)CC1(C)C. The molecule has 0 radical (unpaired) electrons. The van der Waals surface area contributed by atoms with Crippen LogP contribution in [-0.4, -0.2) is 24.2 Å². The lowest BCUT2D eigenvalue weighted by molar-refractivity contribution is 0.0955. The third-order valence-corrected chi connectivity index (χ3v) is 6.11. The standard InChI is InChI=1S/C22H24Cl2FN3O/c1-5-28-20-10-19(25)15(8-16(20)13(2)11-22(28,3)4)12-26-27-21(29)14-6-7-17(23)18(24)9-14/h6-10,12-13H,5,11H2,1-4H3,(H,27,29)/b26-12-. The van der Waals surface area contributed by atoms with E-state index < -0.39 is 5.91 Å². The number of halogens is 3. The summed E-state index contributed by atoms with van der Waals surface area (Å²) in [6.45, 7) is 9.40. The Kier molecular flexibility index (Phi) is 6.20. The molecular formula is C22H24Cl2FN3O. The molecule has 3 rings (SSSR count). The number of hydrazone groups is 1. The highest BCUT2D eigenvalue weighted by Crippen LogP contribution is 2.43. The van der Waals surface area contributed by atoms with Gasteiger partial charge in [0.25, 0.3) is 5.91 Å². The molecule has 1 heterocycles. The first-order valence-corrected chi connectivity index (χ1v) is 10.3. The molecule has 0 fully saturated rings. The van der Waals surface area contributed by atoms with E-state index in [-0.39, 0.29) is 16.4 Å². The van der Waals surface area contributed by atoms with Crippen LogP contribution in [0, 0.1) is 5.82 Å². The van der Waals surface area contributed by atoms with Crippen LogP contribution in [0.2, 0.25) is 10.0 Å². The first kappa shape index (κ1) is 21.6. The zero-order chi connectivity index (χ0) is 21.3. The van der Waals surface area contributed by atoms with E-state index in [2.05, 4.69) is 43.1 Å². The smallest absolute Gasteiger partial charge is 0.271 e. The van der Waals surface area contributed by atoms with Crippen molar-refractivity contribution in [3.63, 3.8) is 0 Å². The van der Waals surface area contributed by atoms with Crippen molar-refractivity contribution in [1.82, 2.24) is 5.43 Å². The summed E-state index contributed by atoms with van der Waals surface area (Å²) in [6.07, 6.45) is 2.30. The van der Waals surface area contributed by atoms with Crippen LogP contribution in [0.5, 0.6) is 0 Å². The molecule has 1 aliphatic rings. The van der Waals surface area contributed by atoms with E-state index in [0.717, 1.165) is 24.2 Å². The van der Waals surface area contributed by atoms with Crippen molar-refractivity contribution < 1.29 is 9.18 Å². The number of amides is 1. The van der Waals surface area contributed by atoms with Gasteiger partial charge in [-0.1, -0.05) is 30.1 Å². The summed E-state index contributed by atoms with van der Waals surface area (Å²) < 4.78 is 14.7. The molecule has 2 aromatic carbocycles. The Morgan fingerprint density at radius 1 is 1.31 bits per heavy atom. The molecule has 0 saturated heterocycles. The quantitative estimate of drug-likeness (QED) is 0.471. The van der Waals surface area contributed by atoms with Crippen molar-refractivity contribution >= 4 is 41.0 Å².